The number of hydrazone groups is 1. The lowest BCUT2D eigenvalue weighted by atomic mass is 9.88. The highest BCUT2D eigenvalue weighted by atomic mass is 16.5. The van der Waals surface area contributed by atoms with Crippen molar-refractivity contribution in [2.24, 2.45) is 11.0 Å². The van der Waals surface area contributed by atoms with Gasteiger partial charge in [-0.2, -0.15) is 5.10 Å². The number of nitrogens with one attached hydrogen (secondary N) is 2. The van der Waals surface area contributed by atoms with Gasteiger partial charge in [-0.05, 0) is 49.6 Å². The molecule has 176 valence electrons. The summed E-state index contributed by atoms with van der Waals surface area (Å²) in [5.74, 6) is 0.888. The van der Waals surface area contributed by atoms with Crippen molar-refractivity contribution >= 4 is 23.2 Å². The summed E-state index contributed by atoms with van der Waals surface area (Å²) < 4.78 is 15.9. The molecular formula is C25H31N3O5. The van der Waals surface area contributed by atoms with Crippen LogP contribution in [0.2, 0.25) is 0 Å². The number of carbonyl (C=O) groups excluding carboxylic acids is 2. The van der Waals surface area contributed by atoms with Crippen LogP contribution in [0.4, 0.5) is 5.69 Å². The van der Waals surface area contributed by atoms with Crippen LogP contribution in [0.3, 0.4) is 0 Å². The summed E-state index contributed by atoms with van der Waals surface area (Å²) >= 11 is 0. The molecule has 1 saturated carbocycles. The molecule has 1 aliphatic carbocycles. The third-order valence-electron chi connectivity index (χ3n) is 5.78. The second-order valence-corrected chi connectivity index (χ2v) is 7.96. The number of anilines is 1. The highest BCUT2D eigenvalue weighted by Crippen LogP contribution is 2.38. The van der Waals surface area contributed by atoms with Gasteiger partial charge in [0.15, 0.2) is 11.5 Å². The molecule has 2 N–H and O–H groups in total. The Kier molecular flexibility index (Phi) is 8.29. The maximum absolute atomic E-state index is 12.7. The number of carbonyl (C=O) groups is 2. The maximum atomic E-state index is 12.7. The first kappa shape index (κ1) is 24.1. The second-order valence-electron chi connectivity index (χ2n) is 7.96. The number of benzene rings is 2. The number of hydrogen-bond acceptors (Lipinski definition) is 6. The fourth-order valence-corrected chi connectivity index (χ4v) is 3.91. The Morgan fingerprint density at radius 2 is 1.58 bits per heavy atom. The molecule has 8 nitrogen and oxygen atoms in total. The highest BCUT2D eigenvalue weighted by Gasteiger charge is 2.21. The van der Waals surface area contributed by atoms with Crippen molar-refractivity contribution in [1.82, 2.24) is 5.43 Å². The van der Waals surface area contributed by atoms with E-state index in [2.05, 4.69) is 15.8 Å². The fraction of sp³-hybridized carbons (Fsp3) is 0.400. The first-order chi connectivity index (χ1) is 16.0. The van der Waals surface area contributed by atoms with Crippen LogP contribution in [0, 0.1) is 5.92 Å². The predicted molar refractivity (Wildman–Crippen MR) is 127 cm³/mol. The lowest BCUT2D eigenvalue weighted by molar-refractivity contribution is -0.120. The number of hydrogen-bond donors (Lipinski definition) is 2. The van der Waals surface area contributed by atoms with E-state index in [0.717, 1.165) is 31.2 Å². The Hall–Kier alpha value is -3.55. The van der Waals surface area contributed by atoms with Crippen molar-refractivity contribution in [1.29, 1.82) is 0 Å². The van der Waals surface area contributed by atoms with Crippen molar-refractivity contribution in [2.45, 2.75) is 39.0 Å². The molecule has 1 fully saturated rings. The summed E-state index contributed by atoms with van der Waals surface area (Å²) in [4.78, 5) is 25.2. The molecule has 0 unspecified atom stereocenters. The third kappa shape index (κ3) is 6.03. The number of rotatable bonds is 8. The van der Waals surface area contributed by atoms with Crippen molar-refractivity contribution in [3.05, 3.63) is 47.5 Å². The van der Waals surface area contributed by atoms with Crippen molar-refractivity contribution in [3.8, 4) is 17.2 Å². The van der Waals surface area contributed by atoms with Crippen LogP contribution in [0.25, 0.3) is 0 Å². The lowest BCUT2D eigenvalue weighted by Crippen LogP contribution is -2.24. The van der Waals surface area contributed by atoms with Gasteiger partial charge in [0.25, 0.3) is 5.91 Å². The molecule has 0 atom stereocenters. The van der Waals surface area contributed by atoms with Gasteiger partial charge in [-0.3, -0.25) is 9.59 Å². The zero-order valence-electron chi connectivity index (χ0n) is 19.6. The molecule has 1 aliphatic rings. The van der Waals surface area contributed by atoms with Crippen LogP contribution in [-0.2, 0) is 4.79 Å². The smallest absolute Gasteiger partial charge is 0.271 e. The van der Waals surface area contributed by atoms with Gasteiger partial charge in [0.2, 0.25) is 11.7 Å². The molecule has 2 aromatic rings. The number of amides is 2. The summed E-state index contributed by atoms with van der Waals surface area (Å²) in [6.07, 6.45) is 5.31. The minimum Gasteiger partial charge on any atom is -0.493 e. The summed E-state index contributed by atoms with van der Waals surface area (Å²) in [6, 6.07) is 10.6. The standard InChI is InChI=1S/C25H31N3O5/c1-16(18-11-8-12-20(13-18)26-24(29)17-9-6-5-7-10-17)27-28-25(30)19-14-21(31-2)23(33-4)22(15-19)32-3/h8,11-15,17H,5-7,9-10H2,1-4H3,(H,26,29)(H,28,30). The largest absolute Gasteiger partial charge is 0.493 e. The molecule has 0 radical (unpaired) electrons. The number of ether oxygens (including phenoxy) is 3. The summed E-state index contributed by atoms with van der Waals surface area (Å²) in [5.41, 5.74) is 4.98. The second kappa shape index (κ2) is 11.4. The molecule has 0 bridgehead atoms. The maximum Gasteiger partial charge on any atom is 0.271 e. The Balaban J connectivity index is 1.70. The molecule has 0 aromatic heterocycles. The first-order valence-electron chi connectivity index (χ1n) is 11.0. The molecule has 0 heterocycles. The van der Waals surface area contributed by atoms with Gasteiger partial charge >= 0.3 is 0 Å². The average Bonchev–Trinajstić information content (AvgIpc) is 2.86. The molecule has 2 amide bonds. The van der Waals surface area contributed by atoms with Crippen LogP contribution in [-0.4, -0.2) is 38.9 Å². The molecule has 0 saturated heterocycles. The van der Waals surface area contributed by atoms with Gasteiger partial charge < -0.3 is 19.5 Å². The van der Waals surface area contributed by atoms with E-state index in [1.54, 1.807) is 19.1 Å². The van der Waals surface area contributed by atoms with E-state index in [1.165, 1.54) is 27.8 Å². The molecule has 33 heavy (non-hydrogen) atoms. The van der Waals surface area contributed by atoms with E-state index in [-0.39, 0.29) is 11.8 Å². The van der Waals surface area contributed by atoms with Gasteiger partial charge in [-0.25, -0.2) is 5.43 Å². The van der Waals surface area contributed by atoms with Crippen LogP contribution in [0.15, 0.2) is 41.5 Å². The van der Waals surface area contributed by atoms with E-state index >= 15 is 0 Å². The minimum atomic E-state index is -0.421. The molecule has 8 heteroatoms. The van der Waals surface area contributed by atoms with Crippen molar-refractivity contribution in [2.75, 3.05) is 26.6 Å². The third-order valence-corrected chi connectivity index (χ3v) is 5.78. The van der Waals surface area contributed by atoms with Crippen molar-refractivity contribution in [3.63, 3.8) is 0 Å². The molecule has 0 aliphatic heterocycles. The van der Waals surface area contributed by atoms with E-state index in [1.807, 2.05) is 24.3 Å². The van der Waals surface area contributed by atoms with Gasteiger partial charge in [0.05, 0.1) is 27.0 Å². The Bertz CT molecular complexity index is 1000. The fourth-order valence-electron chi connectivity index (χ4n) is 3.91. The first-order valence-corrected chi connectivity index (χ1v) is 11.0. The SMILES string of the molecule is COc1cc(C(=O)NN=C(C)c2cccc(NC(=O)C3CCCCC3)c2)cc(OC)c1OC. The number of methoxy groups -OCH3 is 3. The molecule has 3 rings (SSSR count). The summed E-state index contributed by atoms with van der Waals surface area (Å²) in [7, 11) is 4.47. The van der Waals surface area contributed by atoms with Crippen LogP contribution >= 0.6 is 0 Å². The van der Waals surface area contributed by atoms with Crippen molar-refractivity contribution < 1.29 is 23.8 Å². The van der Waals surface area contributed by atoms with Crippen LogP contribution in [0.5, 0.6) is 17.2 Å². The van der Waals surface area contributed by atoms with E-state index in [9.17, 15) is 9.59 Å². The van der Waals surface area contributed by atoms with Gasteiger partial charge in [-0.15, -0.1) is 0 Å². The van der Waals surface area contributed by atoms with E-state index < -0.39 is 5.91 Å². The quantitative estimate of drug-likeness (QED) is 0.456. The summed E-state index contributed by atoms with van der Waals surface area (Å²) in [5, 5.41) is 7.24. The monoisotopic (exact) mass is 453 g/mol. The zero-order valence-corrected chi connectivity index (χ0v) is 19.6. The topological polar surface area (TPSA) is 98.2 Å². The molecular weight excluding hydrogens is 422 g/mol. The Morgan fingerprint density at radius 1 is 0.909 bits per heavy atom. The Labute approximate surface area is 194 Å². The van der Waals surface area contributed by atoms with Gasteiger partial charge in [-0.1, -0.05) is 31.4 Å². The molecule has 0 spiro atoms. The number of nitrogens with zero attached hydrogens (tertiary/aromatic N) is 1. The van der Waals surface area contributed by atoms with E-state index in [4.69, 9.17) is 14.2 Å². The van der Waals surface area contributed by atoms with Gasteiger partial charge in [0.1, 0.15) is 0 Å². The summed E-state index contributed by atoms with van der Waals surface area (Å²) in [6.45, 7) is 1.79. The lowest BCUT2D eigenvalue weighted by Gasteiger charge is -2.20. The highest BCUT2D eigenvalue weighted by molar-refractivity contribution is 6.02. The normalized spacial score (nSPS) is 14.4. The average molecular weight is 454 g/mol. The van der Waals surface area contributed by atoms with Crippen LogP contribution in [0.1, 0.15) is 54.9 Å². The van der Waals surface area contributed by atoms with E-state index in [0.29, 0.717) is 34.2 Å². The zero-order chi connectivity index (χ0) is 23.8. The van der Waals surface area contributed by atoms with Crippen LogP contribution < -0.4 is 25.0 Å². The van der Waals surface area contributed by atoms with Gasteiger partial charge in [0, 0.05) is 17.2 Å². The predicted octanol–water partition coefficient (Wildman–Crippen LogP) is 4.39. The minimum absolute atomic E-state index is 0.0668. The Morgan fingerprint density at radius 3 is 2.18 bits per heavy atom. The molecule has 2 aromatic carbocycles.